The minimum Gasteiger partial charge on any atom is -0.381 e. The van der Waals surface area contributed by atoms with Crippen molar-refractivity contribution in [2.45, 2.75) is 36.9 Å². The Kier molecular flexibility index (Phi) is 6.41. The van der Waals surface area contributed by atoms with Crippen molar-refractivity contribution in [1.82, 2.24) is 10.2 Å². The van der Waals surface area contributed by atoms with Crippen molar-refractivity contribution in [2.24, 2.45) is 4.99 Å². The molecule has 2 fully saturated rings. The topological polar surface area (TPSA) is 36.9 Å². The van der Waals surface area contributed by atoms with Gasteiger partial charge in [-0.1, -0.05) is 23.7 Å². The van der Waals surface area contributed by atoms with E-state index in [-0.39, 0.29) is 10.2 Å². The number of ether oxygens (including phenoxy) is 1. The van der Waals surface area contributed by atoms with E-state index < -0.39 is 0 Å². The molecule has 0 bridgehead atoms. The first kappa shape index (κ1) is 19.8. The summed E-state index contributed by atoms with van der Waals surface area (Å²) in [5.74, 6) is 2.15. The highest BCUT2D eigenvalue weighted by Crippen LogP contribution is 2.35. The fraction of sp³-hybridized carbons (Fsp3) is 0.650. The van der Waals surface area contributed by atoms with Gasteiger partial charge >= 0.3 is 0 Å². The quantitative estimate of drug-likeness (QED) is 0.624. The fourth-order valence-corrected chi connectivity index (χ4v) is 5.23. The third-order valence-corrected chi connectivity index (χ3v) is 6.94. The average molecular weight is 396 g/mol. The second kappa shape index (κ2) is 8.41. The number of hydrogen-bond acceptors (Lipinski definition) is 3. The number of halogens is 1. The van der Waals surface area contributed by atoms with Gasteiger partial charge in [-0.3, -0.25) is 4.99 Å². The van der Waals surface area contributed by atoms with Crippen LogP contribution in [0.2, 0.25) is 5.02 Å². The summed E-state index contributed by atoms with van der Waals surface area (Å²) in [4.78, 5) is 6.96. The fourth-order valence-electron chi connectivity index (χ4n) is 3.93. The molecule has 0 radical (unpaired) electrons. The Morgan fingerprint density at radius 3 is 2.77 bits per heavy atom. The molecule has 1 N–H and O–H groups in total. The molecule has 0 aliphatic carbocycles. The van der Waals surface area contributed by atoms with Crippen molar-refractivity contribution in [2.75, 3.05) is 45.6 Å². The first-order valence-corrected chi connectivity index (χ1v) is 10.7. The molecule has 3 rings (SSSR count). The van der Waals surface area contributed by atoms with Gasteiger partial charge in [0.2, 0.25) is 0 Å². The van der Waals surface area contributed by atoms with Crippen molar-refractivity contribution in [3.63, 3.8) is 0 Å². The van der Waals surface area contributed by atoms with E-state index in [0.29, 0.717) is 0 Å². The number of thioether (sulfide) groups is 1. The predicted molar refractivity (Wildman–Crippen MR) is 113 cm³/mol. The Hall–Kier alpha value is -0.910. The van der Waals surface area contributed by atoms with E-state index in [9.17, 15) is 0 Å². The highest BCUT2D eigenvalue weighted by atomic mass is 35.5. The van der Waals surface area contributed by atoms with Gasteiger partial charge in [0.25, 0.3) is 0 Å². The summed E-state index contributed by atoms with van der Waals surface area (Å²) >= 11 is 8.32. The SMILES string of the molecule is CN=C(NCC1(c2cccc(Cl)c2)CCOCC1)N1CCSC(C)(C)C1. The summed E-state index contributed by atoms with van der Waals surface area (Å²) in [5.41, 5.74) is 1.34. The summed E-state index contributed by atoms with van der Waals surface area (Å²) < 4.78 is 5.91. The molecule has 0 amide bonds. The van der Waals surface area contributed by atoms with Crippen LogP contribution in [0.15, 0.2) is 29.3 Å². The van der Waals surface area contributed by atoms with E-state index >= 15 is 0 Å². The highest BCUT2D eigenvalue weighted by molar-refractivity contribution is 8.00. The maximum atomic E-state index is 6.28. The zero-order valence-electron chi connectivity index (χ0n) is 16.1. The largest absolute Gasteiger partial charge is 0.381 e. The second-order valence-electron chi connectivity index (χ2n) is 7.83. The van der Waals surface area contributed by atoms with Crippen molar-refractivity contribution in [3.8, 4) is 0 Å². The zero-order valence-corrected chi connectivity index (χ0v) is 17.6. The van der Waals surface area contributed by atoms with Gasteiger partial charge in [-0.15, -0.1) is 0 Å². The summed E-state index contributed by atoms with van der Waals surface area (Å²) in [6.45, 7) is 9.12. The van der Waals surface area contributed by atoms with Gasteiger partial charge < -0.3 is 15.0 Å². The van der Waals surface area contributed by atoms with E-state index in [1.165, 1.54) is 5.56 Å². The zero-order chi connectivity index (χ0) is 18.6. The number of aliphatic imine (C=N–C) groups is 1. The molecule has 1 aromatic carbocycles. The van der Waals surface area contributed by atoms with Crippen molar-refractivity contribution < 1.29 is 4.74 Å². The molecule has 6 heteroatoms. The van der Waals surface area contributed by atoms with Crippen LogP contribution in [-0.2, 0) is 10.2 Å². The lowest BCUT2D eigenvalue weighted by atomic mass is 9.74. The van der Waals surface area contributed by atoms with Gasteiger partial charge in [0.05, 0.1) is 0 Å². The number of nitrogens with one attached hydrogen (secondary N) is 1. The number of benzene rings is 1. The van der Waals surface area contributed by atoms with Gasteiger partial charge in [-0.05, 0) is 44.4 Å². The third-order valence-electron chi connectivity index (χ3n) is 5.41. The lowest BCUT2D eigenvalue weighted by Crippen LogP contribution is -2.54. The molecule has 2 aliphatic heterocycles. The highest BCUT2D eigenvalue weighted by Gasteiger charge is 2.36. The molecular weight excluding hydrogens is 366 g/mol. The van der Waals surface area contributed by atoms with E-state index in [1.54, 1.807) is 0 Å². The van der Waals surface area contributed by atoms with Crippen LogP contribution in [0.5, 0.6) is 0 Å². The monoisotopic (exact) mass is 395 g/mol. The second-order valence-corrected chi connectivity index (χ2v) is 10.1. The third kappa shape index (κ3) is 4.68. The molecular formula is C20H30ClN3OS. The lowest BCUT2D eigenvalue weighted by Gasteiger charge is -2.42. The van der Waals surface area contributed by atoms with Crippen LogP contribution in [-0.4, -0.2) is 61.3 Å². The molecule has 0 atom stereocenters. The Bertz CT molecular complexity index is 644. The Balaban J connectivity index is 1.75. The molecule has 0 spiro atoms. The first-order valence-electron chi connectivity index (χ1n) is 9.38. The molecule has 144 valence electrons. The molecule has 4 nitrogen and oxygen atoms in total. The average Bonchev–Trinajstić information content (AvgIpc) is 2.62. The van der Waals surface area contributed by atoms with Gasteiger partial charge in [0, 0.05) is 60.8 Å². The van der Waals surface area contributed by atoms with E-state index in [4.69, 9.17) is 16.3 Å². The smallest absolute Gasteiger partial charge is 0.193 e. The molecule has 2 aliphatic rings. The standard InChI is InChI=1S/C20H30ClN3OS/c1-19(2)15-24(9-12-26-19)18(22-3)23-14-20(7-10-25-11-8-20)16-5-4-6-17(21)13-16/h4-6,13H,7-12,14-15H2,1-3H3,(H,22,23). The lowest BCUT2D eigenvalue weighted by molar-refractivity contribution is 0.0511. The van der Waals surface area contributed by atoms with Crippen LogP contribution in [0.1, 0.15) is 32.3 Å². The summed E-state index contributed by atoms with van der Waals surface area (Å²) in [7, 11) is 1.88. The number of guanidine groups is 1. The van der Waals surface area contributed by atoms with Crippen LogP contribution in [0.25, 0.3) is 0 Å². The van der Waals surface area contributed by atoms with Gasteiger partial charge in [-0.2, -0.15) is 11.8 Å². The van der Waals surface area contributed by atoms with Gasteiger partial charge in [0.15, 0.2) is 5.96 Å². The first-order chi connectivity index (χ1) is 12.4. The summed E-state index contributed by atoms with van der Waals surface area (Å²) in [6.07, 6.45) is 2.00. The van der Waals surface area contributed by atoms with Crippen LogP contribution in [0.4, 0.5) is 0 Å². The normalized spacial score (nSPS) is 22.9. The number of hydrogen-bond donors (Lipinski definition) is 1. The minimum absolute atomic E-state index is 0.0408. The molecule has 0 unspecified atom stereocenters. The Morgan fingerprint density at radius 1 is 1.35 bits per heavy atom. The van der Waals surface area contributed by atoms with Crippen molar-refractivity contribution in [1.29, 1.82) is 0 Å². The van der Waals surface area contributed by atoms with E-state index in [2.05, 4.69) is 41.2 Å². The molecule has 1 aromatic rings. The number of rotatable bonds is 3. The summed E-state index contributed by atoms with van der Waals surface area (Å²) in [5, 5.41) is 4.47. The van der Waals surface area contributed by atoms with Crippen LogP contribution in [0.3, 0.4) is 0 Å². The maximum Gasteiger partial charge on any atom is 0.193 e. The molecule has 26 heavy (non-hydrogen) atoms. The van der Waals surface area contributed by atoms with Gasteiger partial charge in [-0.25, -0.2) is 0 Å². The van der Waals surface area contributed by atoms with Crippen molar-refractivity contribution in [3.05, 3.63) is 34.9 Å². The Labute approximate surface area is 166 Å². The molecule has 2 saturated heterocycles. The van der Waals surface area contributed by atoms with Crippen LogP contribution < -0.4 is 5.32 Å². The van der Waals surface area contributed by atoms with E-state index in [0.717, 1.165) is 62.4 Å². The molecule has 0 aromatic heterocycles. The van der Waals surface area contributed by atoms with Gasteiger partial charge in [0.1, 0.15) is 0 Å². The number of nitrogens with zero attached hydrogens (tertiary/aromatic N) is 2. The minimum atomic E-state index is 0.0408. The van der Waals surface area contributed by atoms with Crippen LogP contribution >= 0.6 is 23.4 Å². The van der Waals surface area contributed by atoms with Crippen molar-refractivity contribution >= 4 is 29.3 Å². The maximum absolute atomic E-state index is 6.28. The molecule has 0 saturated carbocycles. The van der Waals surface area contributed by atoms with E-state index in [1.807, 2.05) is 30.9 Å². The van der Waals surface area contributed by atoms with Crippen LogP contribution in [0, 0.1) is 0 Å². The Morgan fingerprint density at radius 2 is 2.12 bits per heavy atom. The summed E-state index contributed by atoms with van der Waals surface area (Å²) in [6, 6.07) is 8.30. The molecule has 2 heterocycles. The predicted octanol–water partition coefficient (Wildman–Crippen LogP) is 3.79.